The number of nitrogens with zero attached hydrogens (tertiary/aromatic N) is 4. The number of aromatic nitrogens is 4. The third kappa shape index (κ3) is 4.09. The Morgan fingerprint density at radius 2 is 1.02 bits per heavy atom. The van der Waals surface area contributed by atoms with Gasteiger partial charge in [-0.25, -0.2) is 19.9 Å². The summed E-state index contributed by atoms with van der Waals surface area (Å²) in [5.41, 5.74) is 11.5. The van der Waals surface area contributed by atoms with E-state index in [2.05, 4.69) is 84.9 Å². The summed E-state index contributed by atoms with van der Waals surface area (Å²) in [5, 5.41) is 1.04. The Balaban J connectivity index is 1.32. The van der Waals surface area contributed by atoms with Gasteiger partial charge in [0.15, 0.2) is 11.6 Å². The Morgan fingerprint density at radius 3 is 1.88 bits per heavy atom. The lowest BCUT2D eigenvalue weighted by Crippen LogP contribution is -2.00. The number of rotatable bonds is 4. The maximum absolute atomic E-state index is 5.17. The number of fused-ring (bicyclic) bond motifs is 4. The zero-order valence-electron chi connectivity index (χ0n) is 22.2. The highest BCUT2D eigenvalue weighted by molar-refractivity contribution is 5.94. The summed E-state index contributed by atoms with van der Waals surface area (Å²) in [6.07, 6.45) is 0.810. The van der Waals surface area contributed by atoms with Crippen LogP contribution in [0.2, 0.25) is 0 Å². The molecule has 0 unspecified atom stereocenters. The minimum Gasteiger partial charge on any atom is -0.228 e. The molecule has 8 rings (SSSR count). The lowest BCUT2D eigenvalue weighted by atomic mass is 10.0. The van der Waals surface area contributed by atoms with Crippen molar-refractivity contribution in [3.63, 3.8) is 0 Å². The summed E-state index contributed by atoms with van der Waals surface area (Å²) in [6.45, 7) is 0. The number of hydrogen-bond acceptors (Lipinski definition) is 4. The molecular formula is C37H24N4. The average molecular weight is 525 g/mol. The first-order valence-corrected chi connectivity index (χ1v) is 13.8. The van der Waals surface area contributed by atoms with E-state index in [0.29, 0.717) is 5.82 Å². The first-order valence-electron chi connectivity index (χ1n) is 13.8. The molecule has 2 aromatic heterocycles. The van der Waals surface area contributed by atoms with Crippen molar-refractivity contribution in [3.05, 3.63) is 145 Å². The van der Waals surface area contributed by atoms with Gasteiger partial charge in [-0.3, -0.25) is 0 Å². The van der Waals surface area contributed by atoms with Gasteiger partial charge < -0.3 is 0 Å². The van der Waals surface area contributed by atoms with Crippen LogP contribution in [-0.2, 0) is 6.42 Å². The van der Waals surface area contributed by atoms with Crippen LogP contribution in [0.15, 0.2) is 133 Å². The van der Waals surface area contributed by atoms with E-state index in [1.165, 1.54) is 11.1 Å². The molecule has 1 aliphatic rings. The van der Waals surface area contributed by atoms with Gasteiger partial charge in [0, 0.05) is 45.2 Å². The molecule has 4 heteroatoms. The summed E-state index contributed by atoms with van der Waals surface area (Å²) >= 11 is 0. The molecule has 4 nitrogen and oxygen atoms in total. The highest BCUT2D eigenvalue weighted by Gasteiger charge is 2.26. The lowest BCUT2D eigenvalue weighted by Gasteiger charge is -2.13. The van der Waals surface area contributed by atoms with Crippen LogP contribution in [-0.4, -0.2) is 19.9 Å². The van der Waals surface area contributed by atoms with Crippen LogP contribution in [0.4, 0.5) is 0 Å². The van der Waals surface area contributed by atoms with Gasteiger partial charge in [-0.15, -0.1) is 0 Å². The van der Waals surface area contributed by atoms with Crippen molar-refractivity contribution in [3.8, 4) is 56.5 Å². The normalized spacial score (nSPS) is 11.8. The topological polar surface area (TPSA) is 51.6 Å². The van der Waals surface area contributed by atoms with Crippen molar-refractivity contribution < 1.29 is 0 Å². The molecule has 0 aliphatic heterocycles. The maximum atomic E-state index is 5.17. The van der Waals surface area contributed by atoms with E-state index < -0.39 is 0 Å². The molecule has 0 N–H and O–H groups in total. The summed E-state index contributed by atoms with van der Waals surface area (Å²) in [7, 11) is 0. The molecule has 5 aromatic carbocycles. The Kier molecular flexibility index (Phi) is 5.49. The van der Waals surface area contributed by atoms with Crippen LogP contribution < -0.4 is 0 Å². The molecule has 0 radical (unpaired) electrons. The molecule has 0 spiro atoms. The highest BCUT2D eigenvalue weighted by atomic mass is 14.9. The SMILES string of the molecule is c1ccc(-c2nc(-c3cccc(-c4nc(-c5ccccc5)c5ccccc5n4)c3)c3c(n2)-c2ccccc2C3)cc1. The fourth-order valence-corrected chi connectivity index (χ4v) is 5.75. The standard InChI is InChI=1S/C37H24N4/c1-3-12-24(13-4-1)33-30-20-9-10-21-32(30)38-37(39-33)28-18-11-17-27(22-28)34-31-23-26-16-7-8-19-29(26)35(31)41-36(40-34)25-14-5-2-6-15-25/h1-22H,23H2. The molecule has 1 aliphatic carbocycles. The molecular weight excluding hydrogens is 500 g/mol. The van der Waals surface area contributed by atoms with Crippen LogP contribution >= 0.6 is 0 Å². The van der Waals surface area contributed by atoms with Crippen molar-refractivity contribution in [1.29, 1.82) is 0 Å². The van der Waals surface area contributed by atoms with Crippen molar-refractivity contribution >= 4 is 10.9 Å². The average Bonchev–Trinajstić information content (AvgIpc) is 3.43. The van der Waals surface area contributed by atoms with Crippen LogP contribution in [0.25, 0.3) is 67.5 Å². The van der Waals surface area contributed by atoms with Crippen LogP contribution in [0.1, 0.15) is 11.1 Å². The fraction of sp³-hybridized carbons (Fsp3) is 0.0270. The Bertz CT molecular complexity index is 2070. The molecule has 0 fully saturated rings. The zero-order chi connectivity index (χ0) is 27.2. The van der Waals surface area contributed by atoms with Gasteiger partial charge in [0.05, 0.1) is 22.6 Å². The van der Waals surface area contributed by atoms with E-state index in [9.17, 15) is 0 Å². The second-order valence-corrected chi connectivity index (χ2v) is 10.3. The van der Waals surface area contributed by atoms with Gasteiger partial charge in [-0.1, -0.05) is 121 Å². The smallest absolute Gasteiger partial charge is 0.160 e. The largest absolute Gasteiger partial charge is 0.228 e. The van der Waals surface area contributed by atoms with Gasteiger partial charge in [0.1, 0.15) is 0 Å². The second-order valence-electron chi connectivity index (χ2n) is 10.3. The molecule has 192 valence electrons. The lowest BCUT2D eigenvalue weighted by molar-refractivity contribution is 1.13. The van der Waals surface area contributed by atoms with Gasteiger partial charge in [0.25, 0.3) is 0 Å². The predicted molar refractivity (Wildman–Crippen MR) is 165 cm³/mol. The summed E-state index contributed by atoms with van der Waals surface area (Å²) in [5.74, 6) is 1.43. The van der Waals surface area contributed by atoms with Crippen LogP contribution in [0.3, 0.4) is 0 Å². The van der Waals surface area contributed by atoms with Crippen molar-refractivity contribution in [2.75, 3.05) is 0 Å². The van der Waals surface area contributed by atoms with Gasteiger partial charge in [-0.2, -0.15) is 0 Å². The van der Waals surface area contributed by atoms with Crippen LogP contribution in [0, 0.1) is 0 Å². The Labute approximate surface area is 238 Å². The molecule has 0 atom stereocenters. The fourth-order valence-electron chi connectivity index (χ4n) is 5.75. The van der Waals surface area contributed by atoms with E-state index in [1.807, 2.05) is 48.5 Å². The molecule has 0 bridgehead atoms. The zero-order valence-corrected chi connectivity index (χ0v) is 22.2. The highest BCUT2D eigenvalue weighted by Crippen LogP contribution is 2.41. The molecule has 0 amide bonds. The molecule has 7 aromatic rings. The third-order valence-corrected chi connectivity index (χ3v) is 7.72. The van der Waals surface area contributed by atoms with E-state index in [-0.39, 0.29) is 0 Å². The summed E-state index contributed by atoms with van der Waals surface area (Å²) in [6, 6.07) is 45.7. The van der Waals surface area contributed by atoms with Gasteiger partial charge >= 0.3 is 0 Å². The number of para-hydroxylation sites is 1. The number of benzene rings is 5. The van der Waals surface area contributed by atoms with Crippen LogP contribution in [0.5, 0.6) is 0 Å². The first kappa shape index (κ1) is 23.4. The molecule has 41 heavy (non-hydrogen) atoms. The molecule has 2 heterocycles. The Hall–Kier alpha value is -5.48. The molecule has 0 saturated carbocycles. The van der Waals surface area contributed by atoms with Crippen molar-refractivity contribution in [1.82, 2.24) is 19.9 Å². The minimum absolute atomic E-state index is 0.696. The monoisotopic (exact) mass is 524 g/mol. The third-order valence-electron chi connectivity index (χ3n) is 7.72. The summed E-state index contributed by atoms with van der Waals surface area (Å²) in [4.78, 5) is 20.3. The van der Waals surface area contributed by atoms with Crippen molar-refractivity contribution in [2.45, 2.75) is 6.42 Å². The maximum Gasteiger partial charge on any atom is 0.160 e. The Morgan fingerprint density at radius 1 is 0.415 bits per heavy atom. The predicted octanol–water partition coefficient (Wildman–Crippen LogP) is 8.66. The van der Waals surface area contributed by atoms with E-state index in [0.717, 1.165) is 68.0 Å². The van der Waals surface area contributed by atoms with E-state index in [1.54, 1.807) is 0 Å². The minimum atomic E-state index is 0.696. The number of hydrogen-bond donors (Lipinski definition) is 0. The quantitative estimate of drug-likeness (QED) is 0.231. The second kappa shape index (κ2) is 9.61. The van der Waals surface area contributed by atoms with Crippen molar-refractivity contribution in [2.24, 2.45) is 0 Å². The molecule has 0 saturated heterocycles. The first-order chi connectivity index (χ1) is 20.3. The van der Waals surface area contributed by atoms with E-state index >= 15 is 0 Å². The summed E-state index contributed by atoms with van der Waals surface area (Å²) < 4.78 is 0. The van der Waals surface area contributed by atoms with Gasteiger partial charge in [-0.05, 0) is 17.7 Å². The van der Waals surface area contributed by atoms with Gasteiger partial charge in [0.2, 0.25) is 0 Å². The van der Waals surface area contributed by atoms with E-state index in [4.69, 9.17) is 19.9 Å².